The molecule has 0 heterocycles. The van der Waals surface area contributed by atoms with Crippen LogP contribution in [0.1, 0.15) is 24.2 Å². The number of esters is 1. The molecular weight excluding hydrogens is 312 g/mol. The summed E-state index contributed by atoms with van der Waals surface area (Å²) in [5, 5.41) is 10.9. The number of nitrogens with zero attached hydrogens (tertiary/aromatic N) is 1. The molecule has 0 saturated carbocycles. The van der Waals surface area contributed by atoms with Crippen LogP contribution in [-0.2, 0) is 14.3 Å². The number of hydrogen-bond acceptors (Lipinski definition) is 5. The number of ether oxygens (including phenoxy) is 1. The zero-order chi connectivity index (χ0) is 17.9. The molecule has 0 spiro atoms. The van der Waals surface area contributed by atoms with Crippen LogP contribution in [0.15, 0.2) is 36.4 Å². The predicted octanol–water partition coefficient (Wildman–Crippen LogP) is 1.76. The van der Waals surface area contributed by atoms with Gasteiger partial charge in [0.2, 0.25) is 5.91 Å². The molecule has 0 saturated heterocycles. The zero-order valence-corrected chi connectivity index (χ0v) is 13.8. The lowest BCUT2D eigenvalue weighted by Gasteiger charge is -2.17. The van der Waals surface area contributed by atoms with Gasteiger partial charge in [-0.2, -0.15) is 0 Å². The third kappa shape index (κ3) is 7.06. The summed E-state index contributed by atoms with van der Waals surface area (Å²) >= 11 is 0. The molecule has 0 aromatic heterocycles. The van der Waals surface area contributed by atoms with E-state index in [2.05, 4.69) is 10.2 Å². The van der Waals surface area contributed by atoms with Crippen LogP contribution in [-0.4, -0.2) is 54.1 Å². The summed E-state index contributed by atoms with van der Waals surface area (Å²) in [6.45, 7) is 6.90. The van der Waals surface area contributed by atoms with Crippen molar-refractivity contribution in [2.24, 2.45) is 0 Å². The second kappa shape index (κ2) is 10.2. The first-order chi connectivity index (χ1) is 11.5. The van der Waals surface area contributed by atoms with Crippen LogP contribution in [0.4, 0.5) is 5.69 Å². The van der Waals surface area contributed by atoms with Crippen molar-refractivity contribution in [3.63, 3.8) is 0 Å². The minimum Gasteiger partial charge on any atom is -0.478 e. The molecule has 7 heteroatoms. The lowest BCUT2D eigenvalue weighted by atomic mass is 10.2. The fraction of sp³-hybridized carbons (Fsp3) is 0.353. The number of rotatable bonds is 9. The van der Waals surface area contributed by atoms with Crippen molar-refractivity contribution in [2.75, 3.05) is 31.6 Å². The molecule has 0 atom stereocenters. The molecule has 1 rings (SSSR count). The van der Waals surface area contributed by atoms with Crippen molar-refractivity contribution in [2.45, 2.75) is 13.8 Å². The lowest BCUT2D eigenvalue weighted by molar-refractivity contribution is -0.131. The Hall–Kier alpha value is -2.67. The van der Waals surface area contributed by atoms with E-state index in [0.717, 1.165) is 25.2 Å². The van der Waals surface area contributed by atoms with Gasteiger partial charge in [-0.25, -0.2) is 9.59 Å². The summed E-state index contributed by atoms with van der Waals surface area (Å²) in [5.74, 6) is -2.19. The minimum absolute atomic E-state index is 0.318. The molecule has 0 unspecified atom stereocenters. The smallest absolute Gasteiger partial charge is 0.338 e. The van der Waals surface area contributed by atoms with E-state index in [1.54, 1.807) is 12.1 Å². The van der Waals surface area contributed by atoms with Gasteiger partial charge in [-0.15, -0.1) is 0 Å². The van der Waals surface area contributed by atoms with E-state index < -0.39 is 17.8 Å². The SMILES string of the molecule is CCN(CC)CCOC(=O)c1ccc(NC(=O)/C=C/C(=O)O)cc1. The van der Waals surface area contributed by atoms with Crippen molar-refractivity contribution < 1.29 is 24.2 Å². The van der Waals surface area contributed by atoms with Gasteiger partial charge in [0.05, 0.1) is 5.56 Å². The molecule has 7 nitrogen and oxygen atoms in total. The lowest BCUT2D eigenvalue weighted by Crippen LogP contribution is -2.27. The Morgan fingerprint density at radius 1 is 1.12 bits per heavy atom. The van der Waals surface area contributed by atoms with Crippen molar-refractivity contribution in [1.82, 2.24) is 4.90 Å². The highest BCUT2D eigenvalue weighted by Gasteiger charge is 2.08. The number of carboxylic acid groups (broad SMARTS) is 1. The predicted molar refractivity (Wildman–Crippen MR) is 89.9 cm³/mol. The molecule has 1 amide bonds. The van der Waals surface area contributed by atoms with Crippen LogP contribution < -0.4 is 5.32 Å². The van der Waals surface area contributed by atoms with Gasteiger partial charge in [-0.05, 0) is 37.4 Å². The van der Waals surface area contributed by atoms with Crippen molar-refractivity contribution >= 4 is 23.5 Å². The largest absolute Gasteiger partial charge is 0.478 e. The van der Waals surface area contributed by atoms with Crippen LogP contribution in [0.2, 0.25) is 0 Å². The number of benzene rings is 1. The third-order valence-electron chi connectivity index (χ3n) is 3.30. The van der Waals surface area contributed by atoms with Gasteiger partial charge < -0.3 is 20.1 Å². The van der Waals surface area contributed by atoms with Crippen molar-refractivity contribution in [3.05, 3.63) is 42.0 Å². The molecule has 1 aromatic carbocycles. The maximum Gasteiger partial charge on any atom is 0.338 e. The van der Waals surface area contributed by atoms with E-state index in [1.165, 1.54) is 12.1 Å². The number of amides is 1. The highest BCUT2D eigenvalue weighted by molar-refractivity contribution is 6.02. The maximum atomic E-state index is 11.9. The van der Waals surface area contributed by atoms with Gasteiger partial charge in [-0.1, -0.05) is 13.8 Å². The summed E-state index contributed by atoms with van der Waals surface area (Å²) in [7, 11) is 0. The topological polar surface area (TPSA) is 95.9 Å². The standard InChI is InChI=1S/C17H22N2O5/c1-3-19(4-2)11-12-24-17(23)13-5-7-14(8-6-13)18-15(20)9-10-16(21)22/h5-10H,3-4,11-12H2,1-2H3,(H,18,20)(H,21,22)/b10-9+. The Morgan fingerprint density at radius 3 is 2.29 bits per heavy atom. The first kappa shape index (κ1) is 19.4. The average molecular weight is 334 g/mol. The molecule has 0 aliphatic heterocycles. The molecule has 0 fully saturated rings. The molecule has 2 N–H and O–H groups in total. The third-order valence-corrected chi connectivity index (χ3v) is 3.30. The summed E-state index contributed by atoms with van der Waals surface area (Å²) in [6.07, 6.45) is 1.66. The van der Waals surface area contributed by atoms with Crippen LogP contribution in [0.25, 0.3) is 0 Å². The first-order valence-electron chi connectivity index (χ1n) is 7.67. The second-order valence-corrected chi connectivity index (χ2v) is 4.90. The summed E-state index contributed by atoms with van der Waals surface area (Å²) in [5.41, 5.74) is 0.836. The Bertz CT molecular complexity index is 592. The molecule has 1 aromatic rings. The van der Waals surface area contributed by atoms with Gasteiger partial charge in [-0.3, -0.25) is 4.79 Å². The maximum absolute atomic E-state index is 11.9. The Balaban J connectivity index is 2.50. The number of likely N-dealkylation sites (N-methyl/N-ethyl adjacent to an activating group) is 1. The number of anilines is 1. The number of carbonyl (C=O) groups is 3. The number of carbonyl (C=O) groups excluding carboxylic acids is 2. The molecule has 0 aliphatic carbocycles. The van der Waals surface area contributed by atoms with E-state index in [4.69, 9.17) is 9.84 Å². The van der Waals surface area contributed by atoms with Gasteiger partial charge in [0.15, 0.2) is 0 Å². The monoisotopic (exact) mass is 334 g/mol. The van der Waals surface area contributed by atoms with Crippen LogP contribution in [0.3, 0.4) is 0 Å². The minimum atomic E-state index is -1.20. The number of hydrogen-bond donors (Lipinski definition) is 2. The number of aliphatic carboxylic acids is 1. The molecule has 24 heavy (non-hydrogen) atoms. The van der Waals surface area contributed by atoms with Gasteiger partial charge in [0.25, 0.3) is 0 Å². The first-order valence-corrected chi connectivity index (χ1v) is 7.67. The molecule has 0 bridgehead atoms. The van der Waals surface area contributed by atoms with E-state index in [0.29, 0.717) is 24.4 Å². The second-order valence-electron chi connectivity index (χ2n) is 4.90. The van der Waals surface area contributed by atoms with E-state index >= 15 is 0 Å². The summed E-state index contributed by atoms with van der Waals surface area (Å²) < 4.78 is 5.20. The number of carboxylic acids is 1. The van der Waals surface area contributed by atoms with Crippen LogP contribution in [0, 0.1) is 0 Å². The van der Waals surface area contributed by atoms with E-state index in [-0.39, 0.29) is 0 Å². The van der Waals surface area contributed by atoms with Crippen LogP contribution >= 0.6 is 0 Å². The zero-order valence-electron chi connectivity index (χ0n) is 13.8. The van der Waals surface area contributed by atoms with Crippen molar-refractivity contribution in [1.29, 1.82) is 0 Å². The highest BCUT2D eigenvalue weighted by atomic mass is 16.5. The number of nitrogens with one attached hydrogen (secondary N) is 1. The van der Waals surface area contributed by atoms with Gasteiger partial charge >= 0.3 is 11.9 Å². The average Bonchev–Trinajstić information content (AvgIpc) is 2.57. The summed E-state index contributed by atoms with van der Waals surface area (Å²) in [4.78, 5) is 35.8. The fourth-order valence-corrected chi connectivity index (χ4v) is 1.91. The Kier molecular flexibility index (Phi) is 8.21. The summed E-state index contributed by atoms with van der Waals surface area (Å²) in [6, 6.07) is 6.17. The van der Waals surface area contributed by atoms with Gasteiger partial charge in [0.1, 0.15) is 6.61 Å². The highest BCUT2D eigenvalue weighted by Crippen LogP contribution is 2.10. The van der Waals surface area contributed by atoms with Gasteiger partial charge in [0, 0.05) is 24.4 Å². The Morgan fingerprint density at radius 2 is 1.75 bits per heavy atom. The molecule has 0 radical (unpaired) electrons. The normalized spacial score (nSPS) is 10.8. The quantitative estimate of drug-likeness (QED) is 0.528. The van der Waals surface area contributed by atoms with E-state index in [9.17, 15) is 14.4 Å². The molecular formula is C17H22N2O5. The molecule has 0 aliphatic rings. The van der Waals surface area contributed by atoms with E-state index in [1.807, 2.05) is 13.8 Å². The fourth-order valence-electron chi connectivity index (χ4n) is 1.91. The Labute approximate surface area is 140 Å². The molecule has 130 valence electrons. The van der Waals surface area contributed by atoms with Crippen LogP contribution in [0.5, 0.6) is 0 Å². The van der Waals surface area contributed by atoms with Crippen molar-refractivity contribution in [3.8, 4) is 0 Å².